The Hall–Kier alpha value is -2.67. The van der Waals surface area contributed by atoms with E-state index in [1.165, 1.54) is 25.6 Å². The lowest BCUT2D eigenvalue weighted by Crippen LogP contribution is -2.50. The minimum absolute atomic E-state index is 0.0979. The fourth-order valence-corrected chi connectivity index (χ4v) is 4.51. The van der Waals surface area contributed by atoms with Crippen LogP contribution in [-0.2, 0) is 25.1 Å². The van der Waals surface area contributed by atoms with Crippen LogP contribution in [0.4, 0.5) is 0 Å². The standard InChI is InChI=1S/C19H20N2O4S/c1-14-9-11-16(12-10-14)26(23,24)21-13-20-19(2,17(21)18(22)25-3)15-7-5-4-6-8-15/h4-13,17H,1-3H3/t17-,19+/m0/s1. The van der Waals surface area contributed by atoms with Gasteiger partial charge in [0.2, 0.25) is 0 Å². The highest BCUT2D eigenvalue weighted by Gasteiger charge is 2.52. The molecule has 0 saturated carbocycles. The first-order chi connectivity index (χ1) is 12.3. The summed E-state index contributed by atoms with van der Waals surface area (Å²) >= 11 is 0. The topological polar surface area (TPSA) is 76.0 Å². The first-order valence-corrected chi connectivity index (χ1v) is 9.53. The first kappa shape index (κ1) is 18.1. The highest BCUT2D eigenvalue weighted by molar-refractivity contribution is 7.89. The maximum atomic E-state index is 13.1. The second-order valence-corrected chi connectivity index (χ2v) is 8.17. The number of rotatable bonds is 4. The molecule has 2 aromatic carbocycles. The molecule has 0 amide bonds. The molecule has 0 unspecified atom stereocenters. The third kappa shape index (κ3) is 2.88. The van der Waals surface area contributed by atoms with Gasteiger partial charge in [-0.3, -0.25) is 4.99 Å². The normalized spacial score (nSPS) is 22.4. The van der Waals surface area contributed by atoms with Gasteiger partial charge in [-0.1, -0.05) is 48.0 Å². The molecule has 0 N–H and O–H groups in total. The predicted octanol–water partition coefficient (Wildman–Crippen LogP) is 2.48. The number of sulfonamides is 1. The van der Waals surface area contributed by atoms with E-state index >= 15 is 0 Å². The fourth-order valence-electron chi connectivity index (χ4n) is 3.05. The van der Waals surface area contributed by atoms with Crippen LogP contribution >= 0.6 is 0 Å². The van der Waals surface area contributed by atoms with Gasteiger partial charge in [-0.25, -0.2) is 17.5 Å². The summed E-state index contributed by atoms with van der Waals surface area (Å²) in [6.07, 6.45) is 1.21. The Bertz CT molecular complexity index is 939. The van der Waals surface area contributed by atoms with Gasteiger partial charge in [0, 0.05) is 0 Å². The lowest BCUT2D eigenvalue weighted by Gasteiger charge is -2.32. The van der Waals surface area contributed by atoms with Crippen LogP contribution in [0, 0.1) is 6.92 Å². The molecule has 1 heterocycles. The van der Waals surface area contributed by atoms with Crippen molar-refractivity contribution in [2.24, 2.45) is 4.99 Å². The minimum atomic E-state index is -3.96. The van der Waals surface area contributed by atoms with E-state index in [2.05, 4.69) is 4.99 Å². The molecule has 0 saturated heterocycles. The number of hydrogen-bond acceptors (Lipinski definition) is 5. The van der Waals surface area contributed by atoms with Gasteiger partial charge in [-0.05, 0) is 31.5 Å². The number of aliphatic imine (C=N–C) groups is 1. The summed E-state index contributed by atoms with van der Waals surface area (Å²) in [6.45, 7) is 3.60. The van der Waals surface area contributed by atoms with Crippen LogP contribution in [0.2, 0.25) is 0 Å². The van der Waals surface area contributed by atoms with Crippen LogP contribution in [0.1, 0.15) is 18.1 Å². The second-order valence-electron chi connectivity index (χ2n) is 6.33. The van der Waals surface area contributed by atoms with Crippen molar-refractivity contribution in [3.05, 3.63) is 65.7 Å². The zero-order chi connectivity index (χ0) is 18.9. The molecule has 1 aliphatic rings. The summed E-state index contributed by atoms with van der Waals surface area (Å²) in [6, 6.07) is 14.5. The Balaban J connectivity index is 2.09. The van der Waals surface area contributed by atoms with E-state index in [0.717, 1.165) is 15.4 Å². The van der Waals surface area contributed by atoms with Crippen LogP contribution < -0.4 is 0 Å². The van der Waals surface area contributed by atoms with Crippen LogP contribution in [0.15, 0.2) is 64.5 Å². The number of carbonyl (C=O) groups is 1. The van der Waals surface area contributed by atoms with Crippen molar-refractivity contribution in [3.63, 3.8) is 0 Å². The van der Waals surface area contributed by atoms with Crippen molar-refractivity contribution in [2.75, 3.05) is 7.11 Å². The molecule has 0 fully saturated rings. The van der Waals surface area contributed by atoms with Crippen LogP contribution in [0.25, 0.3) is 0 Å². The van der Waals surface area contributed by atoms with E-state index < -0.39 is 27.6 Å². The van der Waals surface area contributed by atoms with Crippen molar-refractivity contribution in [2.45, 2.75) is 30.3 Å². The number of hydrogen-bond donors (Lipinski definition) is 0. The molecule has 0 bridgehead atoms. The van der Waals surface area contributed by atoms with Crippen molar-refractivity contribution in [1.82, 2.24) is 4.31 Å². The maximum absolute atomic E-state index is 13.1. The average molecular weight is 372 g/mol. The van der Waals surface area contributed by atoms with Gasteiger partial charge >= 0.3 is 5.97 Å². The molecule has 1 aliphatic heterocycles. The zero-order valence-corrected chi connectivity index (χ0v) is 15.6. The van der Waals surface area contributed by atoms with Gasteiger partial charge in [0.15, 0.2) is 6.04 Å². The van der Waals surface area contributed by atoms with Gasteiger partial charge in [-0.15, -0.1) is 0 Å². The molecule has 6 nitrogen and oxygen atoms in total. The third-order valence-electron chi connectivity index (χ3n) is 4.61. The number of esters is 1. The van der Waals surface area contributed by atoms with E-state index in [1.807, 2.05) is 37.3 Å². The molecule has 3 rings (SSSR count). The Morgan fingerprint density at radius 3 is 2.31 bits per heavy atom. The lowest BCUT2D eigenvalue weighted by molar-refractivity contribution is -0.145. The summed E-state index contributed by atoms with van der Waals surface area (Å²) in [7, 11) is -2.72. The number of nitrogens with zero attached hydrogens (tertiary/aromatic N) is 2. The summed E-state index contributed by atoms with van der Waals surface area (Å²) in [5, 5.41) is 0. The molecular weight excluding hydrogens is 352 g/mol. The fraction of sp³-hybridized carbons (Fsp3) is 0.263. The lowest BCUT2D eigenvalue weighted by atomic mass is 9.86. The van der Waals surface area contributed by atoms with Gasteiger partial charge < -0.3 is 4.74 Å². The molecule has 7 heteroatoms. The predicted molar refractivity (Wildman–Crippen MR) is 98.3 cm³/mol. The summed E-state index contributed by atoms with van der Waals surface area (Å²) in [5.74, 6) is -0.662. The maximum Gasteiger partial charge on any atom is 0.332 e. The summed E-state index contributed by atoms with van der Waals surface area (Å²) in [5.41, 5.74) is 0.595. The van der Waals surface area contributed by atoms with Crippen molar-refractivity contribution in [3.8, 4) is 0 Å². The molecule has 136 valence electrons. The third-order valence-corrected chi connectivity index (χ3v) is 6.33. The molecule has 26 heavy (non-hydrogen) atoms. The molecule has 0 radical (unpaired) electrons. The van der Waals surface area contributed by atoms with Gasteiger partial charge in [0.05, 0.1) is 12.0 Å². The van der Waals surface area contributed by atoms with E-state index in [9.17, 15) is 13.2 Å². The van der Waals surface area contributed by atoms with Crippen LogP contribution in [-0.4, -0.2) is 38.2 Å². The number of aryl methyl sites for hydroxylation is 1. The Kier molecular flexibility index (Phi) is 4.58. The summed E-state index contributed by atoms with van der Waals surface area (Å²) in [4.78, 5) is 17.0. The largest absolute Gasteiger partial charge is 0.467 e. The van der Waals surface area contributed by atoms with Crippen molar-refractivity contribution >= 4 is 22.3 Å². The van der Waals surface area contributed by atoms with Gasteiger partial charge in [0.25, 0.3) is 10.0 Å². The molecule has 0 spiro atoms. The van der Waals surface area contributed by atoms with E-state index in [1.54, 1.807) is 19.1 Å². The number of methoxy groups -OCH3 is 1. The SMILES string of the molecule is COC(=O)[C@@H]1N(S(=O)(=O)c2ccc(C)cc2)C=N[C@]1(C)c1ccccc1. The minimum Gasteiger partial charge on any atom is -0.467 e. The second kappa shape index (κ2) is 6.57. The molecule has 0 aliphatic carbocycles. The monoisotopic (exact) mass is 372 g/mol. The molecular formula is C19H20N2O4S. The molecule has 0 aromatic heterocycles. The van der Waals surface area contributed by atoms with Crippen molar-refractivity contribution < 1.29 is 17.9 Å². The van der Waals surface area contributed by atoms with Crippen molar-refractivity contribution in [1.29, 1.82) is 0 Å². The average Bonchev–Trinajstić information content (AvgIpc) is 3.01. The van der Waals surface area contributed by atoms with Crippen LogP contribution in [0.3, 0.4) is 0 Å². The van der Waals surface area contributed by atoms with E-state index in [0.29, 0.717) is 0 Å². The number of benzene rings is 2. The quantitative estimate of drug-likeness (QED) is 0.773. The number of carbonyl (C=O) groups excluding carboxylic acids is 1. The molecule has 2 aromatic rings. The highest BCUT2D eigenvalue weighted by atomic mass is 32.2. The van der Waals surface area contributed by atoms with E-state index in [-0.39, 0.29) is 4.90 Å². The van der Waals surface area contributed by atoms with Crippen LogP contribution in [0.5, 0.6) is 0 Å². The Morgan fingerprint density at radius 2 is 1.73 bits per heavy atom. The first-order valence-electron chi connectivity index (χ1n) is 8.09. The Morgan fingerprint density at radius 1 is 1.12 bits per heavy atom. The highest BCUT2D eigenvalue weighted by Crippen LogP contribution is 2.39. The smallest absolute Gasteiger partial charge is 0.332 e. The van der Waals surface area contributed by atoms with Gasteiger partial charge in [0.1, 0.15) is 11.9 Å². The summed E-state index contributed by atoms with van der Waals surface area (Å²) < 4.78 is 32.1. The number of ether oxygens (including phenoxy) is 1. The van der Waals surface area contributed by atoms with E-state index in [4.69, 9.17) is 4.74 Å². The Labute approximate surface area is 153 Å². The van der Waals surface area contributed by atoms with Gasteiger partial charge in [-0.2, -0.15) is 0 Å². The molecule has 2 atom stereocenters. The zero-order valence-electron chi connectivity index (χ0n) is 14.8.